The molecule has 14 rings (SSSR count). The average Bonchev–Trinajstić information content (AvgIpc) is 3.37. The minimum atomic E-state index is 1.22. The molecule has 64 heavy (non-hydrogen) atoms. The Balaban J connectivity index is 1.21. The van der Waals surface area contributed by atoms with Gasteiger partial charge in [-0.05, 0) is 172 Å². The maximum atomic E-state index is 2.52. The zero-order chi connectivity index (χ0) is 41.9. The molecule has 0 N–H and O–H groups in total. The van der Waals surface area contributed by atoms with Crippen LogP contribution >= 0.6 is 0 Å². The Hall–Kier alpha value is -8.32. The summed E-state index contributed by atoms with van der Waals surface area (Å²) in [6, 6.07) is 86.5. The molecular weight excluding hydrogens is 769 g/mol. The summed E-state index contributed by atoms with van der Waals surface area (Å²) in [5, 5.41) is 22.9. The number of rotatable bonds is 4. The summed E-state index contributed by atoms with van der Waals surface area (Å²) >= 11 is 0. The van der Waals surface area contributed by atoms with Gasteiger partial charge in [0.2, 0.25) is 0 Å². The molecular formula is C64H38. The first kappa shape index (κ1) is 35.3. The van der Waals surface area contributed by atoms with Crippen LogP contribution in [0, 0.1) is 0 Å². The van der Waals surface area contributed by atoms with Gasteiger partial charge < -0.3 is 0 Å². The zero-order valence-corrected chi connectivity index (χ0v) is 34.9. The van der Waals surface area contributed by atoms with E-state index < -0.39 is 0 Å². The van der Waals surface area contributed by atoms with Gasteiger partial charge in [-0.15, -0.1) is 0 Å². The highest BCUT2D eigenvalue weighted by Crippen LogP contribution is 2.51. The molecule has 0 heterocycles. The molecule has 0 atom stereocenters. The van der Waals surface area contributed by atoms with Gasteiger partial charge in [0, 0.05) is 0 Å². The first-order chi connectivity index (χ1) is 31.8. The Labute approximate surface area is 370 Å². The van der Waals surface area contributed by atoms with Gasteiger partial charge in [0.15, 0.2) is 0 Å². The van der Waals surface area contributed by atoms with Crippen LogP contribution in [0.15, 0.2) is 231 Å². The minimum absolute atomic E-state index is 1.22. The fourth-order valence-electron chi connectivity index (χ4n) is 11.3. The molecule has 0 radical (unpaired) electrons. The van der Waals surface area contributed by atoms with Crippen molar-refractivity contribution in [3.05, 3.63) is 231 Å². The van der Waals surface area contributed by atoms with E-state index in [1.54, 1.807) is 0 Å². The van der Waals surface area contributed by atoms with Crippen LogP contribution in [0.3, 0.4) is 0 Å². The third-order valence-electron chi connectivity index (χ3n) is 14.2. The van der Waals surface area contributed by atoms with E-state index in [9.17, 15) is 0 Å². The molecule has 0 unspecified atom stereocenters. The zero-order valence-electron chi connectivity index (χ0n) is 34.9. The molecule has 0 spiro atoms. The fourth-order valence-corrected chi connectivity index (χ4v) is 11.3. The van der Waals surface area contributed by atoms with E-state index in [1.807, 2.05) is 0 Å². The standard InChI is InChI=1S/C64H38/c1-2-16-39(17-3-1)56-37-60(57-34-40-18-4-7-21-43(40)46-24-10-13-27-49(46)57)53-32-33-55-62(59-36-42-20-6-9-23-45(42)48-26-12-15-29-51(48)59)38-61(54-31-30-52(56)63(53)64(54)55)58-35-41-19-5-8-22-44(41)47-25-11-14-28-50(47)58/h1-38H. The van der Waals surface area contributed by atoms with E-state index in [-0.39, 0.29) is 0 Å². The van der Waals surface area contributed by atoms with Gasteiger partial charge in [0.05, 0.1) is 0 Å². The van der Waals surface area contributed by atoms with Crippen LogP contribution < -0.4 is 0 Å². The van der Waals surface area contributed by atoms with Gasteiger partial charge in [0.1, 0.15) is 0 Å². The van der Waals surface area contributed by atoms with Crippen LogP contribution in [0.5, 0.6) is 0 Å². The van der Waals surface area contributed by atoms with E-state index >= 15 is 0 Å². The Bertz CT molecular complexity index is 4090. The first-order valence-corrected chi connectivity index (χ1v) is 22.3. The van der Waals surface area contributed by atoms with Crippen molar-refractivity contribution in [2.45, 2.75) is 0 Å². The molecule has 0 aromatic heterocycles. The molecule has 0 amide bonds. The predicted octanol–water partition coefficient (Wildman–Crippen LogP) is 18.2. The SMILES string of the molecule is c1ccc(-c2cc(-c3cc4ccccc4c4ccccc34)c3ccc4c(-c5cc6ccccc6c6ccccc56)cc(-c5cc6ccccc6c6ccccc56)c5ccc2c3c54)cc1. The maximum absolute atomic E-state index is 2.52. The Morgan fingerprint density at radius 2 is 0.422 bits per heavy atom. The fraction of sp³-hybridized carbons (Fsp3) is 0. The highest BCUT2D eigenvalue weighted by atomic mass is 14.3. The molecule has 0 saturated heterocycles. The van der Waals surface area contributed by atoms with Crippen LogP contribution in [-0.2, 0) is 0 Å². The molecule has 0 heteroatoms. The second kappa shape index (κ2) is 13.6. The van der Waals surface area contributed by atoms with Crippen molar-refractivity contribution in [3.63, 3.8) is 0 Å². The maximum Gasteiger partial charge on any atom is -0.00139 e. The molecule has 0 bridgehead atoms. The summed E-state index contributed by atoms with van der Waals surface area (Å²) in [6.07, 6.45) is 0. The van der Waals surface area contributed by atoms with Crippen LogP contribution in [-0.4, -0.2) is 0 Å². The second-order valence-corrected chi connectivity index (χ2v) is 17.5. The summed E-state index contributed by atoms with van der Waals surface area (Å²) in [6.45, 7) is 0. The quantitative estimate of drug-likeness (QED) is 0.155. The summed E-state index contributed by atoms with van der Waals surface area (Å²) in [4.78, 5) is 0. The van der Waals surface area contributed by atoms with Gasteiger partial charge in [-0.25, -0.2) is 0 Å². The molecule has 0 saturated carbocycles. The number of hydrogen-bond acceptors (Lipinski definition) is 0. The highest BCUT2D eigenvalue weighted by molar-refractivity contribution is 6.34. The van der Waals surface area contributed by atoms with E-state index in [0.29, 0.717) is 0 Å². The highest BCUT2D eigenvalue weighted by Gasteiger charge is 2.24. The molecule has 0 aliphatic carbocycles. The summed E-state index contributed by atoms with van der Waals surface area (Å²) in [5.41, 5.74) is 9.97. The van der Waals surface area contributed by atoms with Crippen LogP contribution in [0.1, 0.15) is 0 Å². The Kier molecular flexibility index (Phi) is 7.49. The molecule has 0 fully saturated rings. The number of hydrogen-bond donors (Lipinski definition) is 0. The van der Waals surface area contributed by atoms with E-state index in [4.69, 9.17) is 0 Å². The lowest BCUT2D eigenvalue weighted by molar-refractivity contribution is 1.65. The van der Waals surface area contributed by atoms with Crippen molar-refractivity contribution in [2.75, 3.05) is 0 Å². The lowest BCUT2D eigenvalue weighted by Gasteiger charge is -2.23. The van der Waals surface area contributed by atoms with E-state index in [2.05, 4.69) is 231 Å². The molecule has 0 aliphatic heterocycles. The van der Waals surface area contributed by atoms with Crippen LogP contribution in [0.25, 0.3) is 141 Å². The Morgan fingerprint density at radius 3 is 0.797 bits per heavy atom. The summed E-state index contributed by atoms with van der Waals surface area (Å²) in [5.74, 6) is 0. The van der Waals surface area contributed by atoms with Gasteiger partial charge in [0.25, 0.3) is 0 Å². The predicted molar refractivity (Wildman–Crippen MR) is 277 cm³/mol. The van der Waals surface area contributed by atoms with Crippen molar-refractivity contribution < 1.29 is 0 Å². The smallest absolute Gasteiger partial charge is 0.00139 e. The van der Waals surface area contributed by atoms with E-state index in [1.165, 1.54) is 141 Å². The summed E-state index contributed by atoms with van der Waals surface area (Å²) in [7, 11) is 0. The average molecular weight is 807 g/mol. The summed E-state index contributed by atoms with van der Waals surface area (Å²) < 4.78 is 0. The molecule has 0 aliphatic rings. The lowest BCUT2D eigenvalue weighted by Crippen LogP contribution is -1.96. The monoisotopic (exact) mass is 806 g/mol. The van der Waals surface area contributed by atoms with E-state index in [0.717, 1.165) is 0 Å². The molecule has 14 aromatic carbocycles. The van der Waals surface area contributed by atoms with Crippen molar-refractivity contribution in [3.8, 4) is 44.5 Å². The van der Waals surface area contributed by atoms with Crippen molar-refractivity contribution in [1.29, 1.82) is 0 Å². The van der Waals surface area contributed by atoms with Crippen LogP contribution in [0.2, 0.25) is 0 Å². The topological polar surface area (TPSA) is 0 Å². The third-order valence-corrected chi connectivity index (χ3v) is 14.2. The molecule has 294 valence electrons. The molecule has 14 aromatic rings. The number of benzene rings is 14. The largest absolute Gasteiger partial charge is 0.0622 e. The third kappa shape index (κ3) is 5.05. The van der Waals surface area contributed by atoms with Gasteiger partial charge in [-0.3, -0.25) is 0 Å². The van der Waals surface area contributed by atoms with Gasteiger partial charge in [-0.1, -0.05) is 200 Å². The number of fused-ring (bicyclic) bond motifs is 9. The van der Waals surface area contributed by atoms with Gasteiger partial charge >= 0.3 is 0 Å². The van der Waals surface area contributed by atoms with Crippen molar-refractivity contribution >= 4 is 97.0 Å². The molecule has 0 nitrogen and oxygen atoms in total. The first-order valence-electron chi connectivity index (χ1n) is 22.3. The van der Waals surface area contributed by atoms with Gasteiger partial charge in [-0.2, -0.15) is 0 Å². The van der Waals surface area contributed by atoms with Crippen molar-refractivity contribution in [1.82, 2.24) is 0 Å². The minimum Gasteiger partial charge on any atom is -0.0622 e. The normalized spacial score (nSPS) is 12.1. The van der Waals surface area contributed by atoms with Crippen molar-refractivity contribution in [2.24, 2.45) is 0 Å². The van der Waals surface area contributed by atoms with Crippen LogP contribution in [0.4, 0.5) is 0 Å². The lowest BCUT2D eigenvalue weighted by atomic mass is 9.80. The Morgan fingerprint density at radius 1 is 0.156 bits per heavy atom. The second-order valence-electron chi connectivity index (χ2n) is 17.5.